The second-order valence-electron chi connectivity index (χ2n) is 12.1. The molecule has 236 valence electrons. The first-order valence-electron chi connectivity index (χ1n) is 15.2. The lowest BCUT2D eigenvalue weighted by Gasteiger charge is -2.28. The summed E-state index contributed by atoms with van der Waals surface area (Å²) in [7, 11) is 0. The molecule has 4 aromatic carbocycles. The number of Topliss-reactive ketones (excluding diaryl/α,β-unsaturated/α-hetero) is 1. The van der Waals surface area contributed by atoms with Crippen LogP contribution in [-0.4, -0.2) is 36.1 Å². The number of carbonyl (C=O) groups excluding carboxylic acids is 5. The number of nitrogens with zero attached hydrogens (tertiary/aromatic N) is 1. The fourth-order valence-corrected chi connectivity index (χ4v) is 7.85. The zero-order valence-corrected chi connectivity index (χ0v) is 26.3. The maximum Gasteiger partial charge on any atom is 0.345 e. The van der Waals surface area contributed by atoms with Crippen molar-refractivity contribution in [3.63, 3.8) is 0 Å². The van der Waals surface area contributed by atoms with Crippen molar-refractivity contribution in [1.82, 2.24) is 0 Å². The molecule has 2 amide bonds. The third kappa shape index (κ3) is 5.72. The van der Waals surface area contributed by atoms with Gasteiger partial charge in [-0.3, -0.25) is 19.3 Å². The molecular weight excluding hydrogens is 641 g/mol. The summed E-state index contributed by atoms with van der Waals surface area (Å²) in [6.07, 6.45) is 1.80. The van der Waals surface area contributed by atoms with Gasteiger partial charge in [0.1, 0.15) is 5.75 Å². The minimum absolute atomic E-state index is 0.139. The maximum atomic E-state index is 13.6. The number of esters is 2. The number of carbonyl (C=O) groups is 5. The van der Waals surface area contributed by atoms with E-state index in [1.165, 1.54) is 65.1 Å². The second-order valence-corrected chi connectivity index (χ2v) is 12.9. The van der Waals surface area contributed by atoms with Crippen LogP contribution in [0, 0.1) is 23.7 Å². The fourth-order valence-electron chi connectivity index (χ4n) is 7.37. The zero-order valence-electron chi connectivity index (χ0n) is 24.8. The summed E-state index contributed by atoms with van der Waals surface area (Å²) < 4.78 is 10.6. The van der Waals surface area contributed by atoms with Gasteiger partial charge in [-0.15, -0.1) is 0 Å². The predicted octanol–water partition coefficient (Wildman–Crippen LogP) is 7.18. The van der Waals surface area contributed by atoms with Crippen LogP contribution in [-0.2, 0) is 14.3 Å². The molecule has 7 rings (SSSR count). The molecule has 2 bridgehead atoms. The molecule has 3 fully saturated rings. The number of ether oxygens (including phenoxy) is 2. The number of benzene rings is 4. The van der Waals surface area contributed by atoms with E-state index in [0.717, 1.165) is 12.8 Å². The number of imide groups is 1. The monoisotopic (exact) mass is 667 g/mol. The predicted molar refractivity (Wildman–Crippen MR) is 174 cm³/mol. The standard InChI is InChI=1S/C37H27Cl2NO7/c38-24-10-15-27(30(39)18-24)37(45)47-26-13-8-21(9-14-26)31(41)19-46-36(44)22-6-11-25(12-7-22)40-34(42)32-23-16-28(20-4-2-1-3-5-20)29(17-23)33(32)35(40)43/h1-15,18,23,28-29,32-33H,16-17,19H2/t23-,28-,29+,32+,33-/m0/s1. The molecule has 47 heavy (non-hydrogen) atoms. The number of hydrogen-bond donors (Lipinski definition) is 0. The van der Waals surface area contributed by atoms with Crippen LogP contribution >= 0.6 is 23.2 Å². The Labute approximate surface area is 280 Å². The first-order valence-corrected chi connectivity index (χ1v) is 16.0. The van der Waals surface area contributed by atoms with Crippen molar-refractivity contribution in [2.75, 3.05) is 11.5 Å². The summed E-state index contributed by atoms with van der Waals surface area (Å²) in [6, 6.07) is 26.5. The molecule has 8 nitrogen and oxygen atoms in total. The third-order valence-corrected chi connectivity index (χ3v) is 10.0. The summed E-state index contributed by atoms with van der Waals surface area (Å²) in [5.41, 5.74) is 2.20. The van der Waals surface area contributed by atoms with E-state index in [9.17, 15) is 24.0 Å². The van der Waals surface area contributed by atoms with Gasteiger partial charge in [0.2, 0.25) is 11.8 Å². The van der Waals surface area contributed by atoms with Crippen LogP contribution < -0.4 is 9.64 Å². The minimum atomic E-state index is -0.727. The lowest BCUT2D eigenvalue weighted by atomic mass is 9.73. The number of halogens is 2. The molecular formula is C37H27Cl2NO7. The van der Waals surface area contributed by atoms with Crippen LogP contribution in [0.4, 0.5) is 5.69 Å². The molecule has 0 unspecified atom stereocenters. The van der Waals surface area contributed by atoms with Crippen LogP contribution in [0.5, 0.6) is 5.75 Å². The van der Waals surface area contributed by atoms with E-state index >= 15 is 0 Å². The quantitative estimate of drug-likeness (QED) is 0.0848. The molecule has 0 spiro atoms. The van der Waals surface area contributed by atoms with Crippen LogP contribution in [0.15, 0.2) is 97.1 Å². The zero-order chi connectivity index (χ0) is 32.8. The number of rotatable bonds is 8. The summed E-state index contributed by atoms with van der Waals surface area (Å²) in [4.78, 5) is 66.2. The van der Waals surface area contributed by atoms with Gasteiger partial charge in [0.05, 0.1) is 33.7 Å². The van der Waals surface area contributed by atoms with Gasteiger partial charge in [-0.05, 0) is 103 Å². The highest BCUT2D eigenvalue weighted by atomic mass is 35.5. The van der Waals surface area contributed by atoms with E-state index in [2.05, 4.69) is 12.1 Å². The lowest BCUT2D eigenvalue weighted by Crippen LogP contribution is -2.33. The molecule has 0 aromatic heterocycles. The molecule has 1 saturated heterocycles. The van der Waals surface area contributed by atoms with E-state index in [-0.39, 0.29) is 68.9 Å². The Hall–Kier alpha value is -4.79. The lowest BCUT2D eigenvalue weighted by molar-refractivity contribution is -0.123. The largest absolute Gasteiger partial charge is 0.454 e. The van der Waals surface area contributed by atoms with Crippen molar-refractivity contribution >= 4 is 58.4 Å². The number of anilines is 1. The van der Waals surface area contributed by atoms with Gasteiger partial charge in [0.25, 0.3) is 0 Å². The number of amides is 2. The Morgan fingerprint density at radius 2 is 1.43 bits per heavy atom. The second kappa shape index (κ2) is 12.4. The summed E-state index contributed by atoms with van der Waals surface area (Å²) in [5, 5.41) is 0.531. The minimum Gasteiger partial charge on any atom is -0.454 e. The molecule has 3 aliphatic rings. The van der Waals surface area contributed by atoms with E-state index in [1.54, 1.807) is 12.1 Å². The highest BCUT2D eigenvalue weighted by molar-refractivity contribution is 6.36. The summed E-state index contributed by atoms with van der Waals surface area (Å²) in [6.45, 7) is -0.516. The number of ketones is 1. The van der Waals surface area contributed by atoms with Crippen LogP contribution in [0.2, 0.25) is 10.0 Å². The van der Waals surface area contributed by atoms with Crippen molar-refractivity contribution in [2.24, 2.45) is 23.7 Å². The first kappa shape index (κ1) is 30.8. The molecule has 4 aromatic rings. The SMILES string of the molecule is O=C(COC(=O)c1ccc(N2C(=O)[C@@H]3[C@@H]4C[C@@H]([C@@H]3C2=O)[C@H](c2ccccc2)C4)cc1)c1ccc(OC(=O)c2ccc(Cl)cc2Cl)cc1. The van der Waals surface area contributed by atoms with Gasteiger partial charge in [-0.25, -0.2) is 9.59 Å². The van der Waals surface area contributed by atoms with Crippen molar-refractivity contribution in [3.05, 3.63) is 129 Å². The number of fused-ring (bicyclic) bond motifs is 5. The average molecular weight is 669 g/mol. The van der Waals surface area contributed by atoms with Gasteiger partial charge in [-0.1, -0.05) is 53.5 Å². The molecule has 0 radical (unpaired) electrons. The average Bonchev–Trinajstić information content (AvgIpc) is 3.75. The van der Waals surface area contributed by atoms with Crippen LogP contribution in [0.3, 0.4) is 0 Å². The van der Waals surface area contributed by atoms with Crippen molar-refractivity contribution in [1.29, 1.82) is 0 Å². The van der Waals surface area contributed by atoms with Gasteiger partial charge < -0.3 is 9.47 Å². The Bertz CT molecular complexity index is 1910. The van der Waals surface area contributed by atoms with E-state index < -0.39 is 24.3 Å². The van der Waals surface area contributed by atoms with E-state index in [1.807, 2.05) is 18.2 Å². The topological polar surface area (TPSA) is 107 Å². The van der Waals surface area contributed by atoms with E-state index in [0.29, 0.717) is 10.7 Å². The van der Waals surface area contributed by atoms with Crippen LogP contribution in [0.25, 0.3) is 0 Å². The highest BCUT2D eigenvalue weighted by Crippen LogP contribution is 2.61. The van der Waals surface area contributed by atoms with Crippen molar-refractivity contribution in [3.8, 4) is 5.75 Å². The normalized spacial score (nSPS) is 22.7. The van der Waals surface area contributed by atoms with Crippen molar-refractivity contribution < 1.29 is 33.4 Å². The molecule has 1 aliphatic heterocycles. The number of hydrogen-bond acceptors (Lipinski definition) is 7. The first-order chi connectivity index (χ1) is 22.7. The Kier molecular flexibility index (Phi) is 8.16. The highest BCUT2D eigenvalue weighted by Gasteiger charge is 2.64. The smallest absolute Gasteiger partial charge is 0.345 e. The van der Waals surface area contributed by atoms with Crippen LogP contribution in [0.1, 0.15) is 55.4 Å². The Morgan fingerprint density at radius 3 is 2.13 bits per heavy atom. The third-order valence-electron chi connectivity index (χ3n) is 9.48. The van der Waals surface area contributed by atoms with Gasteiger partial charge in [-0.2, -0.15) is 0 Å². The Morgan fingerprint density at radius 1 is 0.745 bits per heavy atom. The molecule has 10 heteroatoms. The van der Waals surface area contributed by atoms with Crippen molar-refractivity contribution in [2.45, 2.75) is 18.8 Å². The summed E-state index contributed by atoms with van der Waals surface area (Å²) in [5.74, 6) is -2.06. The van der Waals surface area contributed by atoms with E-state index in [4.69, 9.17) is 32.7 Å². The molecule has 2 saturated carbocycles. The molecule has 2 aliphatic carbocycles. The fraction of sp³-hybridized carbons (Fsp3) is 0.216. The van der Waals surface area contributed by atoms with Gasteiger partial charge >= 0.3 is 11.9 Å². The maximum absolute atomic E-state index is 13.6. The van der Waals surface area contributed by atoms with Gasteiger partial charge in [0, 0.05) is 10.6 Å². The molecule has 0 N–H and O–H groups in total. The molecule has 1 heterocycles. The summed E-state index contributed by atoms with van der Waals surface area (Å²) >= 11 is 11.9. The Balaban J connectivity index is 0.946. The molecule has 5 atom stereocenters. The van der Waals surface area contributed by atoms with Gasteiger partial charge in [0.15, 0.2) is 12.4 Å².